The molecule has 9 heteroatoms. The minimum absolute atomic E-state index is 0.133. The lowest BCUT2D eigenvalue weighted by Gasteiger charge is -2.34. The molecule has 2 aliphatic rings. The second kappa shape index (κ2) is 9.28. The van der Waals surface area contributed by atoms with E-state index in [9.17, 15) is 14.4 Å². The molecule has 0 spiro atoms. The number of piperidine rings is 1. The van der Waals surface area contributed by atoms with Gasteiger partial charge in [0, 0.05) is 23.2 Å². The highest BCUT2D eigenvalue weighted by atomic mass is 35.5. The van der Waals surface area contributed by atoms with Crippen LogP contribution in [0.4, 0.5) is 4.79 Å². The van der Waals surface area contributed by atoms with Gasteiger partial charge in [0.05, 0.1) is 18.2 Å². The number of likely N-dealkylation sites (tertiary alicyclic amines) is 1. The zero-order valence-electron chi connectivity index (χ0n) is 16.2. The van der Waals surface area contributed by atoms with E-state index in [1.165, 1.54) is 0 Å². The Hall–Kier alpha value is -2.58. The summed E-state index contributed by atoms with van der Waals surface area (Å²) in [5.41, 5.74) is 6.94. The van der Waals surface area contributed by atoms with E-state index in [2.05, 4.69) is 15.5 Å². The molecular weight excluding hydrogens is 396 g/mol. The van der Waals surface area contributed by atoms with Crippen LogP contribution in [0, 0.1) is 5.92 Å². The lowest BCUT2D eigenvalue weighted by Crippen LogP contribution is -2.49. The van der Waals surface area contributed by atoms with Crippen LogP contribution in [-0.2, 0) is 14.3 Å². The van der Waals surface area contributed by atoms with Gasteiger partial charge < -0.3 is 21.1 Å². The first-order chi connectivity index (χ1) is 13.9. The molecule has 0 bridgehead atoms. The molecule has 1 aromatic carbocycles. The fourth-order valence-electron chi connectivity index (χ4n) is 3.73. The Balaban J connectivity index is 1.90. The van der Waals surface area contributed by atoms with Gasteiger partial charge in [-0.3, -0.25) is 9.69 Å². The average Bonchev–Trinajstić information content (AvgIpc) is 2.68. The van der Waals surface area contributed by atoms with E-state index in [-0.39, 0.29) is 18.4 Å². The number of nitrogens with one attached hydrogen (secondary N) is 2. The maximum absolute atomic E-state index is 12.8. The molecule has 0 aliphatic carbocycles. The predicted molar refractivity (Wildman–Crippen MR) is 108 cm³/mol. The number of nitrogens with two attached hydrogens (primary N) is 1. The van der Waals surface area contributed by atoms with Gasteiger partial charge in [0.1, 0.15) is 0 Å². The summed E-state index contributed by atoms with van der Waals surface area (Å²) < 4.78 is 5.27. The minimum atomic E-state index is -0.667. The highest BCUT2D eigenvalue weighted by Crippen LogP contribution is 2.30. The van der Waals surface area contributed by atoms with E-state index in [0.717, 1.165) is 0 Å². The third-order valence-electron chi connectivity index (χ3n) is 5.20. The summed E-state index contributed by atoms with van der Waals surface area (Å²) in [6, 6.07) is 5.95. The molecule has 1 fully saturated rings. The Morgan fingerprint density at radius 2 is 2.03 bits per heavy atom. The molecule has 8 nitrogen and oxygen atoms in total. The van der Waals surface area contributed by atoms with Crippen molar-refractivity contribution in [2.24, 2.45) is 11.7 Å². The number of esters is 1. The van der Waals surface area contributed by atoms with Gasteiger partial charge >= 0.3 is 12.0 Å². The van der Waals surface area contributed by atoms with Crippen molar-refractivity contribution in [2.45, 2.75) is 25.8 Å². The van der Waals surface area contributed by atoms with Crippen LogP contribution in [0.3, 0.4) is 0 Å². The summed E-state index contributed by atoms with van der Waals surface area (Å²) in [6.07, 6.45) is 1.31. The first-order valence-corrected chi connectivity index (χ1v) is 10.0. The molecule has 156 valence electrons. The first kappa shape index (κ1) is 21.1. The van der Waals surface area contributed by atoms with Crippen molar-refractivity contribution < 1.29 is 19.1 Å². The summed E-state index contributed by atoms with van der Waals surface area (Å²) in [5, 5.41) is 6.06. The number of primary amides is 1. The second-order valence-corrected chi connectivity index (χ2v) is 7.59. The zero-order chi connectivity index (χ0) is 21.0. The Bertz CT molecular complexity index is 834. The van der Waals surface area contributed by atoms with Crippen LogP contribution in [0.2, 0.25) is 5.02 Å². The number of benzene rings is 1. The fourth-order valence-corrected chi connectivity index (χ4v) is 3.93. The Labute approximate surface area is 174 Å². The number of carbonyl (C=O) groups is 3. The van der Waals surface area contributed by atoms with E-state index in [1.807, 2.05) is 0 Å². The fraction of sp³-hybridized carbons (Fsp3) is 0.450. The summed E-state index contributed by atoms with van der Waals surface area (Å²) in [6.45, 7) is 3.62. The molecule has 29 heavy (non-hydrogen) atoms. The third-order valence-corrected chi connectivity index (χ3v) is 5.44. The molecule has 3 rings (SSSR count). The second-order valence-electron chi connectivity index (χ2n) is 7.15. The molecular formula is C20H25ClN4O4. The van der Waals surface area contributed by atoms with Gasteiger partial charge in [-0.15, -0.1) is 0 Å². The number of ether oxygens (including phenoxy) is 1. The molecule has 0 aromatic heterocycles. The Kier molecular flexibility index (Phi) is 6.76. The van der Waals surface area contributed by atoms with E-state index in [4.69, 9.17) is 22.1 Å². The van der Waals surface area contributed by atoms with Crippen molar-refractivity contribution >= 4 is 29.5 Å². The largest absolute Gasteiger partial charge is 0.463 e. The van der Waals surface area contributed by atoms with Crippen LogP contribution in [0.5, 0.6) is 0 Å². The molecule has 4 N–H and O–H groups in total. The summed E-state index contributed by atoms with van der Waals surface area (Å²) in [4.78, 5) is 38.6. The zero-order valence-corrected chi connectivity index (χ0v) is 17.0. The van der Waals surface area contributed by atoms with Gasteiger partial charge in [-0.2, -0.15) is 0 Å². The maximum Gasteiger partial charge on any atom is 0.338 e. The van der Waals surface area contributed by atoms with Gasteiger partial charge in [-0.25, -0.2) is 9.59 Å². The normalized spacial score (nSPS) is 20.8. The summed E-state index contributed by atoms with van der Waals surface area (Å²) in [7, 11) is 0. The number of rotatable bonds is 6. The quantitative estimate of drug-likeness (QED) is 0.606. The molecule has 1 atom stereocenters. The number of amides is 3. The molecule has 1 aromatic rings. The first-order valence-electron chi connectivity index (χ1n) is 9.63. The van der Waals surface area contributed by atoms with E-state index >= 15 is 0 Å². The molecule has 2 heterocycles. The molecule has 1 saturated heterocycles. The predicted octanol–water partition coefficient (Wildman–Crippen LogP) is 1.71. The van der Waals surface area contributed by atoms with Crippen molar-refractivity contribution in [1.29, 1.82) is 0 Å². The van der Waals surface area contributed by atoms with Gasteiger partial charge in [-0.05, 0) is 50.6 Å². The third kappa shape index (κ3) is 5.07. The standard InChI is InChI=1S/C20H25ClN4O4/c1-2-29-19(27)16-15(11-25-8-6-12(7-9-25)18(22)26)23-20(28)24-17(16)13-4-3-5-14(21)10-13/h3-5,10,12,17H,2,6-9,11H2,1H3,(H2,22,26)(H2,23,24,28). The Morgan fingerprint density at radius 3 is 2.66 bits per heavy atom. The highest BCUT2D eigenvalue weighted by molar-refractivity contribution is 6.30. The summed E-state index contributed by atoms with van der Waals surface area (Å²) >= 11 is 6.11. The number of halogens is 1. The van der Waals surface area contributed by atoms with Crippen LogP contribution in [0.15, 0.2) is 35.5 Å². The van der Waals surface area contributed by atoms with Crippen molar-refractivity contribution in [3.8, 4) is 0 Å². The van der Waals surface area contributed by atoms with E-state index in [0.29, 0.717) is 54.3 Å². The van der Waals surface area contributed by atoms with E-state index < -0.39 is 18.0 Å². The number of hydrogen-bond donors (Lipinski definition) is 3. The SMILES string of the molecule is CCOC(=O)C1=C(CN2CCC(C(N)=O)CC2)NC(=O)NC1c1cccc(Cl)c1. The van der Waals surface area contributed by atoms with Crippen molar-refractivity contribution in [3.63, 3.8) is 0 Å². The van der Waals surface area contributed by atoms with Crippen LogP contribution >= 0.6 is 11.6 Å². The van der Waals surface area contributed by atoms with Gasteiger partial charge in [0.25, 0.3) is 0 Å². The number of carbonyl (C=O) groups excluding carboxylic acids is 3. The van der Waals surface area contributed by atoms with Crippen LogP contribution < -0.4 is 16.4 Å². The molecule has 2 aliphatic heterocycles. The monoisotopic (exact) mass is 420 g/mol. The summed E-state index contributed by atoms with van der Waals surface area (Å²) in [5.74, 6) is -0.911. The number of hydrogen-bond acceptors (Lipinski definition) is 5. The molecule has 3 amide bonds. The highest BCUT2D eigenvalue weighted by Gasteiger charge is 2.35. The van der Waals surface area contributed by atoms with Gasteiger partial charge in [0.2, 0.25) is 5.91 Å². The van der Waals surface area contributed by atoms with Crippen LogP contribution in [-0.4, -0.2) is 49.0 Å². The lowest BCUT2D eigenvalue weighted by molar-refractivity contribution is -0.139. The Morgan fingerprint density at radius 1 is 1.31 bits per heavy atom. The van der Waals surface area contributed by atoms with Crippen molar-refractivity contribution in [1.82, 2.24) is 15.5 Å². The molecule has 1 unspecified atom stereocenters. The van der Waals surface area contributed by atoms with Gasteiger partial charge in [-0.1, -0.05) is 23.7 Å². The lowest BCUT2D eigenvalue weighted by atomic mass is 9.93. The van der Waals surface area contributed by atoms with Gasteiger partial charge in [0.15, 0.2) is 0 Å². The number of urea groups is 1. The molecule has 0 radical (unpaired) electrons. The smallest absolute Gasteiger partial charge is 0.338 e. The maximum atomic E-state index is 12.8. The van der Waals surface area contributed by atoms with Crippen molar-refractivity contribution in [2.75, 3.05) is 26.2 Å². The van der Waals surface area contributed by atoms with Crippen molar-refractivity contribution in [3.05, 3.63) is 46.1 Å². The number of nitrogens with zero attached hydrogens (tertiary/aromatic N) is 1. The van der Waals surface area contributed by atoms with Crippen LogP contribution in [0.25, 0.3) is 0 Å². The topological polar surface area (TPSA) is 114 Å². The van der Waals surface area contributed by atoms with Crippen LogP contribution in [0.1, 0.15) is 31.4 Å². The van der Waals surface area contributed by atoms with E-state index in [1.54, 1.807) is 31.2 Å². The average molecular weight is 421 g/mol. The molecule has 0 saturated carbocycles. The minimum Gasteiger partial charge on any atom is -0.463 e.